The van der Waals surface area contributed by atoms with Crippen molar-refractivity contribution >= 4 is 28.5 Å². The number of aryl methyl sites for hydroxylation is 1. The Hall–Kier alpha value is -1.63. The molecule has 1 aromatic carbocycles. The van der Waals surface area contributed by atoms with E-state index >= 15 is 0 Å². The van der Waals surface area contributed by atoms with Crippen LogP contribution in [0.4, 0.5) is 0 Å². The number of rotatable bonds is 6. The number of carbonyl (C=O) groups excluding carboxylic acids is 1. The zero-order valence-electron chi connectivity index (χ0n) is 13.6. The molecule has 24 heavy (non-hydrogen) atoms. The van der Waals surface area contributed by atoms with Crippen molar-refractivity contribution < 1.29 is 9.90 Å². The Bertz CT molecular complexity index is 695. The average molecular weight is 351 g/mol. The van der Waals surface area contributed by atoms with Crippen LogP contribution in [0.5, 0.6) is 0 Å². The third kappa shape index (κ3) is 4.69. The smallest absolute Gasteiger partial charge is 0.234 e. The quantitative estimate of drug-likeness (QED) is 0.693. The van der Waals surface area contributed by atoms with Crippen LogP contribution >= 0.6 is 11.6 Å². The lowest BCUT2D eigenvalue weighted by atomic mass is 10.1. The lowest BCUT2D eigenvalue weighted by Crippen LogP contribution is -2.42. The van der Waals surface area contributed by atoms with Crippen molar-refractivity contribution in [3.05, 3.63) is 29.0 Å². The molecule has 6 nitrogen and oxygen atoms in total. The number of H-pyrrole nitrogens is 1. The third-order valence-corrected chi connectivity index (χ3v) is 4.56. The Labute approximate surface area is 146 Å². The van der Waals surface area contributed by atoms with Gasteiger partial charge in [0.05, 0.1) is 23.7 Å². The van der Waals surface area contributed by atoms with Crippen molar-refractivity contribution in [2.75, 3.05) is 26.2 Å². The number of piperidine rings is 1. The van der Waals surface area contributed by atoms with E-state index in [2.05, 4.69) is 20.2 Å². The van der Waals surface area contributed by atoms with Gasteiger partial charge in [-0.15, -0.1) is 0 Å². The van der Waals surface area contributed by atoms with Gasteiger partial charge >= 0.3 is 0 Å². The molecule has 7 heteroatoms. The van der Waals surface area contributed by atoms with Crippen LogP contribution in [0.3, 0.4) is 0 Å². The fourth-order valence-corrected chi connectivity index (χ4v) is 3.15. The summed E-state index contributed by atoms with van der Waals surface area (Å²) in [6.45, 7) is 2.62. The standard InChI is InChI=1S/C17H23ClN4O2/c18-12-3-4-14-15(10-12)21-16(20-14)2-1-7-19-17(24)11-22-8-5-13(23)6-9-22/h3-4,10,13,23H,1-2,5-9,11H2,(H,19,24)(H,20,21). The van der Waals surface area contributed by atoms with Crippen LogP contribution < -0.4 is 5.32 Å². The average Bonchev–Trinajstić information content (AvgIpc) is 2.95. The number of aliphatic hydroxyl groups is 1. The molecule has 1 aromatic heterocycles. The van der Waals surface area contributed by atoms with Crippen molar-refractivity contribution in [2.24, 2.45) is 0 Å². The maximum atomic E-state index is 11.9. The second-order valence-corrected chi connectivity index (χ2v) is 6.74. The Kier molecular flexibility index (Phi) is 5.71. The number of aliphatic hydroxyl groups excluding tert-OH is 1. The summed E-state index contributed by atoms with van der Waals surface area (Å²) in [4.78, 5) is 21.8. The van der Waals surface area contributed by atoms with Gasteiger partial charge in [-0.2, -0.15) is 0 Å². The van der Waals surface area contributed by atoms with Crippen molar-refractivity contribution in [1.29, 1.82) is 0 Å². The molecule has 2 heterocycles. The lowest BCUT2D eigenvalue weighted by Gasteiger charge is -2.28. The van der Waals surface area contributed by atoms with Crippen LogP contribution in [0.1, 0.15) is 25.1 Å². The van der Waals surface area contributed by atoms with Gasteiger partial charge in [-0.1, -0.05) is 11.6 Å². The number of hydrogen-bond donors (Lipinski definition) is 3. The minimum absolute atomic E-state index is 0.0442. The van der Waals surface area contributed by atoms with Crippen molar-refractivity contribution in [1.82, 2.24) is 20.2 Å². The zero-order chi connectivity index (χ0) is 16.9. The Morgan fingerprint density at radius 3 is 3.00 bits per heavy atom. The summed E-state index contributed by atoms with van der Waals surface area (Å²) >= 11 is 5.96. The van der Waals surface area contributed by atoms with Crippen molar-refractivity contribution in [2.45, 2.75) is 31.8 Å². The molecule has 1 aliphatic rings. The van der Waals surface area contributed by atoms with Gasteiger partial charge in [0.15, 0.2) is 0 Å². The largest absolute Gasteiger partial charge is 0.393 e. The van der Waals surface area contributed by atoms with Crippen LogP contribution in [-0.2, 0) is 11.2 Å². The van der Waals surface area contributed by atoms with E-state index < -0.39 is 0 Å². The molecule has 0 spiro atoms. The van der Waals surface area contributed by atoms with Crippen LogP contribution in [0.25, 0.3) is 11.0 Å². The molecule has 0 atom stereocenters. The molecular formula is C17H23ClN4O2. The molecule has 0 saturated carbocycles. The summed E-state index contributed by atoms with van der Waals surface area (Å²) < 4.78 is 0. The second-order valence-electron chi connectivity index (χ2n) is 6.31. The molecule has 0 bridgehead atoms. The fraction of sp³-hybridized carbons (Fsp3) is 0.529. The highest BCUT2D eigenvalue weighted by Gasteiger charge is 2.18. The topological polar surface area (TPSA) is 81.2 Å². The highest BCUT2D eigenvalue weighted by atomic mass is 35.5. The van der Waals surface area contributed by atoms with Gasteiger partial charge < -0.3 is 15.4 Å². The number of nitrogens with one attached hydrogen (secondary N) is 2. The molecule has 2 aromatic rings. The number of nitrogens with zero attached hydrogens (tertiary/aromatic N) is 2. The first-order chi connectivity index (χ1) is 11.6. The normalized spacial score (nSPS) is 16.6. The number of aromatic nitrogens is 2. The predicted octanol–water partition coefficient (Wildman–Crippen LogP) is 1.72. The molecule has 1 aliphatic heterocycles. The molecule has 0 radical (unpaired) electrons. The molecule has 1 fully saturated rings. The van der Waals surface area contributed by atoms with Crippen molar-refractivity contribution in [3.63, 3.8) is 0 Å². The fourth-order valence-electron chi connectivity index (χ4n) is 2.97. The van der Waals surface area contributed by atoms with E-state index in [9.17, 15) is 9.90 Å². The summed E-state index contributed by atoms with van der Waals surface area (Å²) in [5, 5.41) is 13.1. The zero-order valence-corrected chi connectivity index (χ0v) is 14.4. The summed E-state index contributed by atoms with van der Waals surface area (Å²) in [6.07, 6.45) is 2.91. The van der Waals surface area contributed by atoms with E-state index in [1.165, 1.54) is 0 Å². The summed E-state index contributed by atoms with van der Waals surface area (Å²) in [5.74, 6) is 0.953. The van der Waals surface area contributed by atoms with Crippen molar-refractivity contribution in [3.8, 4) is 0 Å². The minimum atomic E-state index is -0.206. The maximum absolute atomic E-state index is 11.9. The van der Waals surface area contributed by atoms with Gasteiger partial charge in [0, 0.05) is 31.1 Å². The lowest BCUT2D eigenvalue weighted by molar-refractivity contribution is -0.122. The molecule has 3 N–H and O–H groups in total. The molecule has 1 amide bonds. The SMILES string of the molecule is O=C(CN1CCC(O)CC1)NCCCc1nc2ccc(Cl)cc2[nH]1. The van der Waals surface area contributed by atoms with Gasteiger partial charge in [-0.05, 0) is 37.5 Å². The Balaban J connectivity index is 1.37. The number of hydrogen-bond acceptors (Lipinski definition) is 4. The molecule has 1 saturated heterocycles. The Morgan fingerprint density at radius 1 is 1.42 bits per heavy atom. The third-order valence-electron chi connectivity index (χ3n) is 4.33. The van der Waals surface area contributed by atoms with Crippen LogP contribution in [-0.4, -0.2) is 58.2 Å². The van der Waals surface area contributed by atoms with Gasteiger partial charge in [0.2, 0.25) is 5.91 Å². The highest BCUT2D eigenvalue weighted by Crippen LogP contribution is 2.17. The van der Waals surface area contributed by atoms with Crippen LogP contribution in [0.2, 0.25) is 5.02 Å². The van der Waals surface area contributed by atoms with E-state index in [0.717, 1.165) is 55.6 Å². The first-order valence-corrected chi connectivity index (χ1v) is 8.79. The van der Waals surface area contributed by atoms with E-state index in [-0.39, 0.29) is 12.0 Å². The Morgan fingerprint density at radius 2 is 2.21 bits per heavy atom. The highest BCUT2D eigenvalue weighted by molar-refractivity contribution is 6.31. The number of halogens is 1. The van der Waals surface area contributed by atoms with Gasteiger partial charge in [-0.25, -0.2) is 4.98 Å². The van der Waals surface area contributed by atoms with Gasteiger partial charge in [0.1, 0.15) is 5.82 Å². The number of likely N-dealkylation sites (tertiary alicyclic amines) is 1. The molecule has 0 aliphatic carbocycles. The van der Waals surface area contributed by atoms with E-state index in [0.29, 0.717) is 18.1 Å². The van der Waals surface area contributed by atoms with E-state index in [1.807, 2.05) is 18.2 Å². The van der Waals surface area contributed by atoms with Gasteiger partial charge in [-0.3, -0.25) is 9.69 Å². The first kappa shape index (κ1) is 17.2. The number of carbonyl (C=O) groups is 1. The second kappa shape index (κ2) is 7.96. The number of benzene rings is 1. The number of fused-ring (bicyclic) bond motifs is 1. The van der Waals surface area contributed by atoms with E-state index in [4.69, 9.17) is 11.6 Å². The summed E-state index contributed by atoms with van der Waals surface area (Å²) in [6, 6.07) is 5.59. The first-order valence-electron chi connectivity index (χ1n) is 8.41. The number of amides is 1. The molecule has 130 valence electrons. The predicted molar refractivity (Wildman–Crippen MR) is 94.1 cm³/mol. The molecule has 3 rings (SSSR count). The number of imidazole rings is 1. The maximum Gasteiger partial charge on any atom is 0.234 e. The molecular weight excluding hydrogens is 328 g/mol. The van der Waals surface area contributed by atoms with Crippen LogP contribution in [0, 0.1) is 0 Å². The van der Waals surface area contributed by atoms with Crippen LogP contribution in [0.15, 0.2) is 18.2 Å². The van der Waals surface area contributed by atoms with Gasteiger partial charge in [0.25, 0.3) is 0 Å². The van der Waals surface area contributed by atoms with E-state index in [1.54, 1.807) is 0 Å². The summed E-state index contributed by atoms with van der Waals surface area (Å²) in [7, 11) is 0. The summed E-state index contributed by atoms with van der Waals surface area (Å²) in [5.41, 5.74) is 1.85. The number of aromatic amines is 1. The minimum Gasteiger partial charge on any atom is -0.393 e. The molecule has 0 unspecified atom stereocenters. The monoisotopic (exact) mass is 350 g/mol.